The number of thiazole rings is 1. The van der Waals surface area contributed by atoms with Crippen molar-refractivity contribution in [1.29, 1.82) is 0 Å². The molecule has 14 heteroatoms. The number of nitrogens with one attached hydrogen (secondary N) is 2. The third-order valence-electron chi connectivity index (χ3n) is 6.79. The van der Waals surface area contributed by atoms with Crippen LogP contribution in [0.2, 0.25) is 0 Å². The van der Waals surface area contributed by atoms with Crippen molar-refractivity contribution < 1.29 is 18.7 Å². The number of fused-ring (bicyclic) bond motifs is 1. The Labute approximate surface area is 223 Å². The van der Waals surface area contributed by atoms with Gasteiger partial charge in [-0.15, -0.1) is 0 Å². The second-order valence-electron chi connectivity index (χ2n) is 9.48. The van der Waals surface area contributed by atoms with Crippen LogP contribution >= 0.6 is 11.3 Å². The molecule has 202 valence electrons. The third kappa shape index (κ3) is 6.07. The molecule has 2 atom stereocenters. The van der Waals surface area contributed by atoms with E-state index >= 15 is 0 Å². The van der Waals surface area contributed by atoms with E-state index in [4.69, 9.17) is 4.74 Å². The van der Waals surface area contributed by atoms with Gasteiger partial charge in [-0.2, -0.15) is 4.98 Å². The second kappa shape index (κ2) is 11.4. The van der Waals surface area contributed by atoms with Crippen LogP contribution in [0.4, 0.5) is 30.9 Å². The molecule has 2 aliphatic heterocycles. The molecule has 2 saturated heterocycles. The van der Waals surface area contributed by atoms with Crippen LogP contribution in [0, 0.1) is 0 Å². The van der Waals surface area contributed by atoms with Gasteiger partial charge in [0.15, 0.2) is 5.13 Å². The summed E-state index contributed by atoms with van der Waals surface area (Å²) in [6, 6.07) is 3.96. The largest absolute Gasteiger partial charge is 0.446 e. The van der Waals surface area contributed by atoms with Gasteiger partial charge in [0.2, 0.25) is 5.95 Å². The Kier molecular flexibility index (Phi) is 7.79. The molecular weight excluding hydrogens is 513 g/mol. The van der Waals surface area contributed by atoms with Crippen molar-refractivity contribution in [3.05, 3.63) is 30.6 Å². The number of carbonyl (C=O) groups is 2. The number of pyridine rings is 1. The van der Waals surface area contributed by atoms with Crippen LogP contribution in [-0.2, 0) is 4.74 Å². The average Bonchev–Trinajstić information content (AvgIpc) is 3.32. The number of likely N-dealkylation sites (tertiary alicyclic amines) is 1. The standard InChI is InChI=1S/C24H30FN9O3S/c1-32-11-6-15(7-12-32)37-24(36)30-19-5-10-27-21(29-19)34-13-8-16(25)18(14-34)33(2)23(35)31-22-28-17-4-3-9-26-20(17)38-22/h3-5,9-10,15-16,18H,6-8,11-14H2,1-2H3,(H,28,31,35)(H,27,29,30,36)/t16-,18+/m1/s1. The molecule has 0 aliphatic carbocycles. The zero-order chi connectivity index (χ0) is 26.6. The summed E-state index contributed by atoms with van der Waals surface area (Å²) in [6.45, 7) is 2.33. The molecule has 0 radical (unpaired) electrons. The van der Waals surface area contributed by atoms with Crippen molar-refractivity contribution in [2.45, 2.75) is 37.6 Å². The number of anilines is 3. The lowest BCUT2D eigenvalue weighted by molar-refractivity contribution is 0.0661. The summed E-state index contributed by atoms with van der Waals surface area (Å²) >= 11 is 1.25. The zero-order valence-electron chi connectivity index (χ0n) is 21.2. The molecule has 0 bridgehead atoms. The van der Waals surface area contributed by atoms with Crippen molar-refractivity contribution in [3.8, 4) is 0 Å². The lowest BCUT2D eigenvalue weighted by Gasteiger charge is -2.39. The number of alkyl halides is 1. The van der Waals surface area contributed by atoms with Crippen LogP contribution in [0.15, 0.2) is 30.6 Å². The van der Waals surface area contributed by atoms with Crippen LogP contribution in [0.25, 0.3) is 10.3 Å². The Morgan fingerprint density at radius 2 is 1.92 bits per heavy atom. The number of hydrogen-bond donors (Lipinski definition) is 2. The Morgan fingerprint density at radius 3 is 2.71 bits per heavy atom. The van der Waals surface area contributed by atoms with E-state index < -0.39 is 24.3 Å². The summed E-state index contributed by atoms with van der Waals surface area (Å²) in [5.41, 5.74) is 0.684. The topological polar surface area (TPSA) is 129 Å². The SMILES string of the molecule is CN1CCC(OC(=O)Nc2ccnc(N3CC[C@@H](F)[C@@H](N(C)C(=O)Nc4nc5cccnc5s4)C3)n2)CC1. The molecule has 0 unspecified atom stereocenters. The lowest BCUT2D eigenvalue weighted by atomic mass is 10.0. The van der Waals surface area contributed by atoms with Gasteiger partial charge in [-0.05, 0) is 44.5 Å². The number of likely N-dealkylation sites (N-methyl/N-ethyl adjacent to an activating group) is 1. The van der Waals surface area contributed by atoms with Gasteiger partial charge in [0.1, 0.15) is 28.4 Å². The molecule has 2 aliphatic rings. The Balaban J connectivity index is 1.20. The Hall–Kier alpha value is -3.65. The highest BCUT2D eigenvalue weighted by molar-refractivity contribution is 7.21. The molecule has 0 spiro atoms. The van der Waals surface area contributed by atoms with Crippen LogP contribution in [0.3, 0.4) is 0 Å². The number of amides is 3. The first-order valence-electron chi connectivity index (χ1n) is 12.5. The minimum atomic E-state index is -1.22. The molecule has 0 aromatic carbocycles. The van der Waals surface area contributed by atoms with E-state index in [1.807, 2.05) is 13.1 Å². The van der Waals surface area contributed by atoms with E-state index in [1.165, 1.54) is 22.4 Å². The first-order valence-corrected chi connectivity index (χ1v) is 13.3. The van der Waals surface area contributed by atoms with Crippen LogP contribution in [0.5, 0.6) is 0 Å². The molecule has 5 heterocycles. The van der Waals surface area contributed by atoms with E-state index in [1.54, 1.807) is 30.3 Å². The van der Waals surface area contributed by atoms with Crippen molar-refractivity contribution in [2.24, 2.45) is 0 Å². The van der Waals surface area contributed by atoms with Gasteiger partial charge in [-0.1, -0.05) is 11.3 Å². The highest BCUT2D eigenvalue weighted by Crippen LogP contribution is 2.26. The maximum Gasteiger partial charge on any atom is 0.413 e. The molecule has 2 N–H and O–H groups in total. The maximum atomic E-state index is 15.0. The Bertz CT molecular complexity index is 1250. The summed E-state index contributed by atoms with van der Waals surface area (Å²) in [5, 5.41) is 5.81. The number of aromatic nitrogens is 4. The van der Waals surface area contributed by atoms with E-state index in [0.717, 1.165) is 25.9 Å². The minimum Gasteiger partial charge on any atom is -0.446 e. The molecule has 3 aromatic rings. The van der Waals surface area contributed by atoms with E-state index in [-0.39, 0.29) is 19.1 Å². The molecule has 12 nitrogen and oxygen atoms in total. The molecular formula is C24H30FN9O3S. The zero-order valence-corrected chi connectivity index (χ0v) is 22.0. The van der Waals surface area contributed by atoms with Crippen LogP contribution in [-0.4, -0.2) is 100 Å². The number of urea groups is 1. The fraction of sp³-hybridized carbons (Fsp3) is 0.500. The number of rotatable bonds is 5. The molecule has 2 fully saturated rings. The third-order valence-corrected chi connectivity index (χ3v) is 7.69. The predicted molar refractivity (Wildman–Crippen MR) is 142 cm³/mol. The smallest absolute Gasteiger partial charge is 0.413 e. The number of halogens is 1. The van der Waals surface area contributed by atoms with Crippen LogP contribution < -0.4 is 15.5 Å². The number of hydrogen-bond acceptors (Lipinski definition) is 10. The van der Waals surface area contributed by atoms with E-state index in [0.29, 0.717) is 33.8 Å². The van der Waals surface area contributed by atoms with Gasteiger partial charge in [0.25, 0.3) is 0 Å². The van der Waals surface area contributed by atoms with Crippen LogP contribution in [0.1, 0.15) is 19.3 Å². The molecule has 3 aromatic heterocycles. The molecule has 0 saturated carbocycles. The van der Waals surface area contributed by atoms with Gasteiger partial charge in [-0.3, -0.25) is 10.6 Å². The number of ether oxygens (including phenoxy) is 1. The van der Waals surface area contributed by atoms with Crippen molar-refractivity contribution in [3.63, 3.8) is 0 Å². The fourth-order valence-electron chi connectivity index (χ4n) is 4.56. The van der Waals surface area contributed by atoms with Crippen molar-refractivity contribution in [2.75, 3.05) is 55.8 Å². The molecule has 5 rings (SSSR count). The monoisotopic (exact) mass is 543 g/mol. The average molecular weight is 544 g/mol. The summed E-state index contributed by atoms with van der Waals surface area (Å²) in [6.07, 6.45) is 3.06. The first kappa shape index (κ1) is 26.0. The van der Waals surface area contributed by atoms with Gasteiger partial charge >= 0.3 is 12.1 Å². The number of nitrogens with zero attached hydrogens (tertiary/aromatic N) is 7. The first-order chi connectivity index (χ1) is 18.4. The Morgan fingerprint density at radius 1 is 1.11 bits per heavy atom. The second-order valence-corrected chi connectivity index (χ2v) is 10.5. The highest BCUT2D eigenvalue weighted by atomic mass is 32.1. The highest BCUT2D eigenvalue weighted by Gasteiger charge is 2.35. The van der Waals surface area contributed by atoms with Gasteiger partial charge in [-0.25, -0.2) is 28.9 Å². The molecule has 3 amide bonds. The number of carbonyl (C=O) groups excluding carboxylic acids is 2. The predicted octanol–water partition coefficient (Wildman–Crippen LogP) is 3.20. The summed E-state index contributed by atoms with van der Waals surface area (Å²) in [7, 11) is 3.60. The normalized spacial score (nSPS) is 20.8. The van der Waals surface area contributed by atoms with Crippen molar-refractivity contribution in [1.82, 2.24) is 29.7 Å². The van der Waals surface area contributed by atoms with E-state index in [9.17, 15) is 14.0 Å². The van der Waals surface area contributed by atoms with Gasteiger partial charge < -0.3 is 19.4 Å². The van der Waals surface area contributed by atoms with E-state index in [2.05, 4.69) is 35.5 Å². The van der Waals surface area contributed by atoms with Crippen molar-refractivity contribution >= 4 is 50.7 Å². The van der Waals surface area contributed by atoms with Gasteiger partial charge in [0, 0.05) is 45.6 Å². The maximum absolute atomic E-state index is 15.0. The summed E-state index contributed by atoms with van der Waals surface area (Å²) in [5.74, 6) is 0.632. The summed E-state index contributed by atoms with van der Waals surface area (Å²) in [4.78, 5) is 48.7. The molecule has 38 heavy (non-hydrogen) atoms. The fourth-order valence-corrected chi connectivity index (χ4v) is 5.36. The summed E-state index contributed by atoms with van der Waals surface area (Å²) < 4.78 is 20.5. The quantitative estimate of drug-likeness (QED) is 0.498. The van der Waals surface area contributed by atoms with Gasteiger partial charge in [0.05, 0.1) is 6.04 Å². The minimum absolute atomic E-state index is 0.127. The number of piperidine rings is 2. The lowest BCUT2D eigenvalue weighted by Crippen LogP contribution is -2.55.